The zero-order valence-corrected chi connectivity index (χ0v) is 15.3. The first-order chi connectivity index (χ1) is 12.2. The Kier molecular flexibility index (Phi) is 6.30. The van der Waals surface area contributed by atoms with Gasteiger partial charge in [0.25, 0.3) is 11.6 Å². The van der Waals surface area contributed by atoms with Gasteiger partial charge in [0.05, 0.1) is 9.82 Å². The molecule has 0 aromatic heterocycles. The molecule has 0 atom stereocenters. The van der Waals surface area contributed by atoms with Crippen molar-refractivity contribution in [1.82, 2.24) is 10.0 Å². The number of sulfonamides is 1. The van der Waals surface area contributed by atoms with Crippen molar-refractivity contribution in [3.05, 3.63) is 68.7 Å². The van der Waals surface area contributed by atoms with Crippen LogP contribution in [0.4, 0.5) is 5.69 Å². The predicted octanol–water partition coefficient (Wildman–Crippen LogP) is 2.26. The highest BCUT2D eigenvalue weighted by atomic mass is 35.5. The van der Waals surface area contributed by atoms with E-state index in [4.69, 9.17) is 11.6 Å². The van der Waals surface area contributed by atoms with Crippen molar-refractivity contribution in [3.63, 3.8) is 0 Å². The van der Waals surface area contributed by atoms with E-state index >= 15 is 0 Å². The second-order valence-corrected chi connectivity index (χ2v) is 7.56. The van der Waals surface area contributed by atoms with E-state index in [9.17, 15) is 23.3 Å². The van der Waals surface area contributed by atoms with Crippen LogP contribution in [-0.2, 0) is 10.0 Å². The van der Waals surface area contributed by atoms with Crippen LogP contribution in [0.15, 0.2) is 47.4 Å². The minimum absolute atomic E-state index is 0.0142. The largest absolute Gasteiger partial charge is 0.351 e. The van der Waals surface area contributed by atoms with Gasteiger partial charge in [0.1, 0.15) is 5.02 Å². The minimum atomic E-state index is -3.67. The Bertz CT molecular complexity index is 929. The van der Waals surface area contributed by atoms with E-state index < -0.39 is 20.9 Å². The molecular weight excluding hydrogens is 382 g/mol. The summed E-state index contributed by atoms with van der Waals surface area (Å²) in [5.74, 6) is -0.570. The molecule has 10 heteroatoms. The van der Waals surface area contributed by atoms with Gasteiger partial charge < -0.3 is 5.32 Å². The number of benzene rings is 2. The molecule has 138 valence electrons. The Labute approximate surface area is 155 Å². The maximum atomic E-state index is 12.1. The van der Waals surface area contributed by atoms with Gasteiger partial charge in [-0.25, -0.2) is 13.1 Å². The molecule has 0 saturated heterocycles. The molecule has 0 heterocycles. The maximum absolute atomic E-state index is 12.1. The molecule has 2 N–H and O–H groups in total. The van der Waals surface area contributed by atoms with E-state index in [1.54, 1.807) is 12.1 Å². The molecular formula is C16H16ClN3O5S. The number of amides is 1. The number of hydrogen-bond donors (Lipinski definition) is 2. The average molecular weight is 398 g/mol. The number of carbonyl (C=O) groups excluding carboxylic acids is 1. The number of nitro benzene ring substituents is 1. The fourth-order valence-electron chi connectivity index (χ4n) is 2.06. The third-order valence-electron chi connectivity index (χ3n) is 3.44. The first-order valence-corrected chi connectivity index (χ1v) is 9.35. The molecule has 0 aliphatic rings. The van der Waals surface area contributed by atoms with Crippen molar-refractivity contribution in [2.45, 2.75) is 11.8 Å². The van der Waals surface area contributed by atoms with Gasteiger partial charge in [-0.3, -0.25) is 14.9 Å². The summed E-state index contributed by atoms with van der Waals surface area (Å²) in [6.07, 6.45) is 0. The number of hydrogen-bond acceptors (Lipinski definition) is 5. The predicted molar refractivity (Wildman–Crippen MR) is 96.8 cm³/mol. The summed E-state index contributed by atoms with van der Waals surface area (Å²) in [7, 11) is -3.67. The van der Waals surface area contributed by atoms with Gasteiger partial charge >= 0.3 is 0 Å². The lowest BCUT2D eigenvalue weighted by molar-refractivity contribution is -0.384. The number of nitrogens with one attached hydrogen (secondary N) is 2. The fraction of sp³-hybridized carbons (Fsp3) is 0.188. The summed E-state index contributed by atoms with van der Waals surface area (Å²) in [5.41, 5.74) is 0.621. The van der Waals surface area contributed by atoms with Crippen LogP contribution >= 0.6 is 11.6 Å². The molecule has 8 nitrogen and oxygen atoms in total. The molecule has 2 aromatic carbocycles. The summed E-state index contributed by atoms with van der Waals surface area (Å²) in [6, 6.07) is 10.0. The lowest BCUT2D eigenvalue weighted by Crippen LogP contribution is -2.34. The molecule has 0 aliphatic heterocycles. The zero-order chi connectivity index (χ0) is 19.3. The molecule has 2 rings (SSSR count). The highest BCUT2D eigenvalue weighted by Crippen LogP contribution is 2.24. The Morgan fingerprint density at radius 3 is 2.42 bits per heavy atom. The van der Waals surface area contributed by atoms with Crippen molar-refractivity contribution in [1.29, 1.82) is 0 Å². The van der Waals surface area contributed by atoms with E-state index in [0.717, 1.165) is 11.6 Å². The zero-order valence-electron chi connectivity index (χ0n) is 13.7. The second kappa shape index (κ2) is 8.26. The maximum Gasteiger partial charge on any atom is 0.288 e. The van der Waals surface area contributed by atoms with Crippen LogP contribution in [0, 0.1) is 17.0 Å². The van der Waals surface area contributed by atoms with Crippen LogP contribution in [0.2, 0.25) is 5.02 Å². The van der Waals surface area contributed by atoms with Crippen LogP contribution in [-0.4, -0.2) is 32.3 Å². The normalized spacial score (nSPS) is 11.2. The molecule has 0 bridgehead atoms. The molecule has 2 aromatic rings. The highest BCUT2D eigenvalue weighted by Gasteiger charge is 2.17. The average Bonchev–Trinajstić information content (AvgIpc) is 2.59. The lowest BCUT2D eigenvalue weighted by Gasteiger charge is -2.08. The standard InChI is InChI=1S/C16H16ClN3O5S/c1-11-2-5-13(6-3-11)26(24,25)19-9-8-18-16(21)12-4-7-14(17)15(10-12)20(22)23/h2-7,10,19H,8-9H2,1H3,(H,18,21). The Hall–Kier alpha value is -2.49. The van der Waals surface area contributed by atoms with Crippen LogP contribution in [0.1, 0.15) is 15.9 Å². The number of rotatable bonds is 7. The summed E-state index contributed by atoms with van der Waals surface area (Å²) in [5, 5.41) is 13.3. The molecule has 0 saturated carbocycles. The number of halogens is 1. The van der Waals surface area contributed by atoms with Gasteiger partial charge in [-0.2, -0.15) is 0 Å². The Balaban J connectivity index is 1.91. The van der Waals surface area contributed by atoms with E-state index in [0.29, 0.717) is 0 Å². The van der Waals surface area contributed by atoms with Crippen molar-refractivity contribution in [2.75, 3.05) is 13.1 Å². The van der Waals surface area contributed by atoms with E-state index in [1.165, 1.54) is 24.3 Å². The Morgan fingerprint density at radius 1 is 1.15 bits per heavy atom. The van der Waals surface area contributed by atoms with E-state index in [-0.39, 0.29) is 34.3 Å². The highest BCUT2D eigenvalue weighted by molar-refractivity contribution is 7.89. The van der Waals surface area contributed by atoms with Gasteiger partial charge in [-0.15, -0.1) is 0 Å². The first-order valence-electron chi connectivity index (χ1n) is 7.49. The topological polar surface area (TPSA) is 118 Å². The Morgan fingerprint density at radius 2 is 1.81 bits per heavy atom. The lowest BCUT2D eigenvalue weighted by atomic mass is 10.2. The van der Waals surface area contributed by atoms with Crippen LogP contribution in [0.25, 0.3) is 0 Å². The minimum Gasteiger partial charge on any atom is -0.351 e. The van der Waals surface area contributed by atoms with Gasteiger partial charge in [0, 0.05) is 24.7 Å². The van der Waals surface area contributed by atoms with Crippen molar-refractivity contribution in [2.24, 2.45) is 0 Å². The van der Waals surface area contributed by atoms with Crippen molar-refractivity contribution >= 4 is 33.2 Å². The fourth-order valence-corrected chi connectivity index (χ4v) is 3.28. The number of aryl methyl sites for hydroxylation is 1. The molecule has 0 unspecified atom stereocenters. The SMILES string of the molecule is Cc1ccc(S(=O)(=O)NCCNC(=O)c2ccc(Cl)c([N+](=O)[O-])c2)cc1. The van der Waals surface area contributed by atoms with Crippen molar-refractivity contribution < 1.29 is 18.1 Å². The van der Waals surface area contributed by atoms with Crippen LogP contribution < -0.4 is 10.0 Å². The summed E-state index contributed by atoms with van der Waals surface area (Å²) in [6.45, 7) is 1.83. The number of nitro groups is 1. The molecule has 0 radical (unpaired) electrons. The second-order valence-electron chi connectivity index (χ2n) is 5.39. The third kappa shape index (κ3) is 5.01. The first kappa shape index (κ1) is 19.8. The van der Waals surface area contributed by atoms with Gasteiger partial charge in [0.2, 0.25) is 10.0 Å². The van der Waals surface area contributed by atoms with Gasteiger partial charge in [0.15, 0.2) is 0 Å². The smallest absolute Gasteiger partial charge is 0.288 e. The molecule has 0 aliphatic carbocycles. The van der Waals surface area contributed by atoms with Crippen LogP contribution in [0.5, 0.6) is 0 Å². The number of nitrogens with zero attached hydrogens (tertiary/aromatic N) is 1. The quantitative estimate of drug-likeness (QED) is 0.422. The summed E-state index contributed by atoms with van der Waals surface area (Å²) in [4.78, 5) is 22.3. The molecule has 0 fully saturated rings. The summed E-state index contributed by atoms with van der Waals surface area (Å²) < 4.78 is 26.6. The van der Waals surface area contributed by atoms with Gasteiger partial charge in [-0.05, 0) is 31.2 Å². The van der Waals surface area contributed by atoms with Gasteiger partial charge in [-0.1, -0.05) is 29.3 Å². The summed E-state index contributed by atoms with van der Waals surface area (Å²) >= 11 is 5.69. The molecule has 1 amide bonds. The van der Waals surface area contributed by atoms with Crippen LogP contribution in [0.3, 0.4) is 0 Å². The van der Waals surface area contributed by atoms with Crippen molar-refractivity contribution in [3.8, 4) is 0 Å². The molecule has 0 spiro atoms. The number of carbonyl (C=O) groups is 1. The van der Waals surface area contributed by atoms with E-state index in [2.05, 4.69) is 10.0 Å². The monoisotopic (exact) mass is 397 g/mol. The third-order valence-corrected chi connectivity index (χ3v) is 5.24. The van der Waals surface area contributed by atoms with E-state index in [1.807, 2.05) is 6.92 Å². The molecule has 26 heavy (non-hydrogen) atoms.